The predicted octanol–water partition coefficient (Wildman–Crippen LogP) is 2.43. The van der Waals surface area contributed by atoms with Crippen LogP contribution in [0.1, 0.15) is 28.4 Å². The quantitative estimate of drug-likeness (QED) is 0.518. The topological polar surface area (TPSA) is 109 Å². The Morgan fingerprint density at radius 2 is 1.88 bits per heavy atom. The van der Waals surface area contributed by atoms with Gasteiger partial charge in [-0.1, -0.05) is 12.1 Å². The Labute approximate surface area is 192 Å². The van der Waals surface area contributed by atoms with E-state index in [0.717, 1.165) is 17.7 Å². The molecule has 0 saturated heterocycles. The molecule has 1 aliphatic heterocycles. The summed E-state index contributed by atoms with van der Waals surface area (Å²) in [6.07, 6.45) is 1.70. The number of hydrogen-bond donors (Lipinski definition) is 3. The maximum Gasteiger partial charge on any atom is 0.263 e. The molecular formula is C24H20F2N4O4. The number of halogens is 2. The monoisotopic (exact) mass is 466 g/mol. The fourth-order valence-electron chi connectivity index (χ4n) is 3.55. The van der Waals surface area contributed by atoms with Crippen molar-refractivity contribution in [3.8, 4) is 0 Å². The van der Waals surface area contributed by atoms with E-state index in [1.165, 1.54) is 35.9 Å². The first kappa shape index (κ1) is 22.8. The zero-order chi connectivity index (χ0) is 24.4. The molecule has 1 aromatic heterocycles. The molecule has 1 aliphatic rings. The molecule has 1 unspecified atom stereocenters. The standard InChI is InChI=1S/C24H20F2N4O4/c1-13(22(32)28-16-6-5-15-10-21(31)29-20(15)11-16)27-23(33)17-3-2-8-30(24(17)34)12-14-4-7-18(25)19(26)9-14/h2-9,11,13H,10,12H2,1H3,(H,27,33)(H,28,32)(H,29,31). The van der Waals surface area contributed by atoms with E-state index in [1.807, 2.05) is 0 Å². The van der Waals surface area contributed by atoms with E-state index >= 15 is 0 Å². The van der Waals surface area contributed by atoms with Crippen LogP contribution in [0.4, 0.5) is 20.2 Å². The van der Waals surface area contributed by atoms with Crippen molar-refractivity contribution >= 4 is 29.1 Å². The van der Waals surface area contributed by atoms with Gasteiger partial charge in [0.25, 0.3) is 11.5 Å². The minimum atomic E-state index is -1.04. The number of nitrogens with zero attached hydrogens (tertiary/aromatic N) is 1. The normalized spacial score (nSPS) is 13.1. The Morgan fingerprint density at radius 1 is 1.09 bits per heavy atom. The first-order valence-electron chi connectivity index (χ1n) is 10.4. The van der Waals surface area contributed by atoms with Gasteiger partial charge < -0.3 is 20.5 Å². The zero-order valence-electron chi connectivity index (χ0n) is 18.0. The summed E-state index contributed by atoms with van der Waals surface area (Å²) < 4.78 is 27.8. The van der Waals surface area contributed by atoms with E-state index in [9.17, 15) is 28.0 Å². The second-order valence-electron chi connectivity index (χ2n) is 7.88. The van der Waals surface area contributed by atoms with Crippen LogP contribution in [0.15, 0.2) is 59.5 Å². The molecule has 3 aromatic rings. The summed E-state index contributed by atoms with van der Waals surface area (Å²) in [5.41, 5.74) is 1.38. The molecule has 0 spiro atoms. The van der Waals surface area contributed by atoms with Crippen molar-refractivity contribution in [2.45, 2.75) is 25.9 Å². The highest BCUT2D eigenvalue weighted by Crippen LogP contribution is 2.26. The molecule has 3 amide bonds. The van der Waals surface area contributed by atoms with Crippen LogP contribution < -0.4 is 21.5 Å². The minimum absolute atomic E-state index is 0.0674. The second-order valence-corrected chi connectivity index (χ2v) is 7.88. The Balaban J connectivity index is 1.43. The van der Waals surface area contributed by atoms with Gasteiger partial charge in [-0.15, -0.1) is 0 Å². The fraction of sp³-hybridized carbons (Fsp3) is 0.167. The third-order valence-electron chi connectivity index (χ3n) is 5.35. The van der Waals surface area contributed by atoms with E-state index in [0.29, 0.717) is 16.9 Å². The van der Waals surface area contributed by atoms with Crippen LogP contribution in [0.2, 0.25) is 0 Å². The molecule has 0 fully saturated rings. The van der Waals surface area contributed by atoms with Gasteiger partial charge in [0.15, 0.2) is 11.6 Å². The van der Waals surface area contributed by atoms with Crippen molar-refractivity contribution in [3.05, 3.63) is 93.4 Å². The molecule has 0 saturated carbocycles. The lowest BCUT2D eigenvalue weighted by Gasteiger charge is -2.15. The first-order chi connectivity index (χ1) is 16.2. The van der Waals surface area contributed by atoms with Gasteiger partial charge in [-0.3, -0.25) is 19.2 Å². The Kier molecular flexibility index (Phi) is 6.22. The highest BCUT2D eigenvalue weighted by atomic mass is 19.2. The number of carbonyl (C=O) groups excluding carboxylic acids is 3. The van der Waals surface area contributed by atoms with Crippen LogP contribution in [0, 0.1) is 11.6 Å². The third-order valence-corrected chi connectivity index (χ3v) is 5.35. The van der Waals surface area contributed by atoms with E-state index in [-0.39, 0.29) is 24.4 Å². The molecule has 174 valence electrons. The SMILES string of the molecule is CC(NC(=O)c1cccn(Cc2ccc(F)c(F)c2)c1=O)C(=O)Nc1ccc2c(c1)NC(=O)C2. The minimum Gasteiger partial charge on any atom is -0.340 e. The van der Waals surface area contributed by atoms with Crippen LogP contribution in [0.25, 0.3) is 0 Å². The number of fused-ring (bicyclic) bond motifs is 1. The predicted molar refractivity (Wildman–Crippen MR) is 120 cm³/mol. The summed E-state index contributed by atoms with van der Waals surface area (Å²) in [6.45, 7) is 1.40. The summed E-state index contributed by atoms with van der Waals surface area (Å²) in [5.74, 6) is -3.44. The highest BCUT2D eigenvalue weighted by Gasteiger charge is 2.21. The average Bonchev–Trinajstić information content (AvgIpc) is 3.16. The van der Waals surface area contributed by atoms with Gasteiger partial charge in [0.05, 0.1) is 13.0 Å². The number of pyridine rings is 1. The highest BCUT2D eigenvalue weighted by molar-refractivity contribution is 6.03. The van der Waals surface area contributed by atoms with Crippen LogP contribution in [-0.4, -0.2) is 28.3 Å². The van der Waals surface area contributed by atoms with E-state index in [2.05, 4.69) is 16.0 Å². The summed E-state index contributed by atoms with van der Waals surface area (Å²) in [6, 6.07) is 10.1. The fourth-order valence-corrected chi connectivity index (χ4v) is 3.55. The molecule has 1 atom stereocenters. The van der Waals surface area contributed by atoms with Gasteiger partial charge in [0, 0.05) is 17.6 Å². The summed E-state index contributed by atoms with van der Waals surface area (Å²) in [7, 11) is 0. The van der Waals surface area contributed by atoms with E-state index < -0.39 is 35.0 Å². The zero-order valence-corrected chi connectivity index (χ0v) is 18.0. The molecule has 8 nitrogen and oxygen atoms in total. The Morgan fingerprint density at radius 3 is 2.65 bits per heavy atom. The van der Waals surface area contributed by atoms with Crippen LogP contribution in [0.5, 0.6) is 0 Å². The molecule has 0 radical (unpaired) electrons. The van der Waals surface area contributed by atoms with Gasteiger partial charge in [-0.2, -0.15) is 0 Å². The van der Waals surface area contributed by atoms with Crippen molar-refractivity contribution in [1.82, 2.24) is 9.88 Å². The third kappa shape index (κ3) is 4.85. The van der Waals surface area contributed by atoms with Crippen molar-refractivity contribution in [2.75, 3.05) is 10.6 Å². The summed E-state index contributed by atoms with van der Waals surface area (Å²) in [4.78, 5) is 49.4. The largest absolute Gasteiger partial charge is 0.340 e. The molecule has 4 rings (SSSR count). The number of hydrogen-bond acceptors (Lipinski definition) is 4. The van der Waals surface area contributed by atoms with Gasteiger partial charge in [-0.25, -0.2) is 8.78 Å². The van der Waals surface area contributed by atoms with E-state index in [1.54, 1.807) is 18.2 Å². The molecule has 2 aromatic carbocycles. The van der Waals surface area contributed by atoms with Gasteiger partial charge >= 0.3 is 0 Å². The van der Waals surface area contributed by atoms with Gasteiger partial charge in [-0.05, 0) is 54.4 Å². The molecule has 3 N–H and O–H groups in total. The van der Waals surface area contributed by atoms with Crippen molar-refractivity contribution in [2.24, 2.45) is 0 Å². The van der Waals surface area contributed by atoms with Crippen molar-refractivity contribution in [3.63, 3.8) is 0 Å². The number of anilines is 2. The van der Waals surface area contributed by atoms with Crippen LogP contribution >= 0.6 is 0 Å². The number of amides is 3. The lowest BCUT2D eigenvalue weighted by Crippen LogP contribution is -2.43. The number of carbonyl (C=O) groups is 3. The molecule has 34 heavy (non-hydrogen) atoms. The van der Waals surface area contributed by atoms with Gasteiger partial charge in [0.2, 0.25) is 11.8 Å². The number of rotatable bonds is 6. The van der Waals surface area contributed by atoms with Crippen LogP contribution in [-0.2, 0) is 22.6 Å². The Hall–Kier alpha value is -4.34. The maximum atomic E-state index is 13.5. The molecule has 2 heterocycles. The number of benzene rings is 2. The van der Waals surface area contributed by atoms with Gasteiger partial charge in [0.1, 0.15) is 11.6 Å². The lowest BCUT2D eigenvalue weighted by atomic mass is 10.1. The summed E-state index contributed by atoms with van der Waals surface area (Å²) in [5, 5.41) is 7.83. The molecule has 0 aliphatic carbocycles. The number of nitrogens with one attached hydrogen (secondary N) is 3. The molecule has 10 heteroatoms. The van der Waals surface area contributed by atoms with E-state index in [4.69, 9.17) is 0 Å². The second kappa shape index (κ2) is 9.26. The molecular weight excluding hydrogens is 446 g/mol. The summed E-state index contributed by atoms with van der Waals surface area (Å²) >= 11 is 0. The first-order valence-corrected chi connectivity index (χ1v) is 10.4. The Bertz CT molecular complexity index is 1370. The molecule has 0 bridgehead atoms. The van der Waals surface area contributed by atoms with Crippen LogP contribution in [0.3, 0.4) is 0 Å². The smallest absolute Gasteiger partial charge is 0.263 e. The van der Waals surface area contributed by atoms with Crippen molar-refractivity contribution < 1.29 is 23.2 Å². The van der Waals surface area contributed by atoms with Crippen molar-refractivity contribution in [1.29, 1.82) is 0 Å². The average molecular weight is 466 g/mol. The maximum absolute atomic E-state index is 13.5. The number of aromatic nitrogens is 1. The lowest BCUT2D eigenvalue weighted by molar-refractivity contribution is -0.117.